The van der Waals surface area contributed by atoms with Gasteiger partial charge in [0.05, 0.1) is 32.6 Å². The van der Waals surface area contributed by atoms with Crippen molar-refractivity contribution in [3.63, 3.8) is 0 Å². The summed E-state index contributed by atoms with van der Waals surface area (Å²) in [6, 6.07) is 15.1. The molecular weight excluding hydrogens is 527 g/mol. The second-order valence-electron chi connectivity index (χ2n) is 9.45. The normalized spacial score (nSPS) is 33.2. The van der Waals surface area contributed by atoms with Gasteiger partial charge in [0.1, 0.15) is 0 Å². The Balaban J connectivity index is 1.36. The van der Waals surface area contributed by atoms with Gasteiger partial charge in [0, 0.05) is 16.0 Å². The molecule has 3 heterocycles. The van der Waals surface area contributed by atoms with E-state index in [2.05, 4.69) is 4.98 Å². The molecule has 2 aliphatic heterocycles. The van der Waals surface area contributed by atoms with Crippen molar-refractivity contribution in [1.82, 2.24) is 4.98 Å². The maximum atomic E-state index is 13.7. The minimum atomic E-state index is -0.284. The first-order chi connectivity index (χ1) is 16.5. The lowest BCUT2D eigenvalue weighted by Gasteiger charge is -2.43. The lowest BCUT2D eigenvalue weighted by Crippen LogP contribution is -2.42. The Bertz CT molecular complexity index is 1420. The number of thiazole rings is 1. The average molecular weight is 546 g/mol. The number of anilines is 1. The van der Waals surface area contributed by atoms with E-state index in [1.807, 2.05) is 42.5 Å². The van der Waals surface area contributed by atoms with Gasteiger partial charge in [-0.3, -0.25) is 14.5 Å². The van der Waals surface area contributed by atoms with Gasteiger partial charge in [-0.1, -0.05) is 53.5 Å². The predicted octanol–water partition coefficient (Wildman–Crippen LogP) is 6.79. The average Bonchev–Trinajstić information content (AvgIpc) is 3.55. The molecule has 4 nitrogen and oxygen atoms in total. The van der Waals surface area contributed by atoms with Crippen LogP contribution in [-0.4, -0.2) is 22.0 Å². The van der Waals surface area contributed by atoms with Gasteiger partial charge in [-0.15, -0.1) is 23.1 Å². The van der Waals surface area contributed by atoms with Crippen molar-refractivity contribution < 1.29 is 9.59 Å². The van der Waals surface area contributed by atoms with E-state index < -0.39 is 0 Å². The molecule has 3 aromatic rings. The molecule has 1 aromatic heterocycles. The number of hydrogen-bond acceptors (Lipinski definition) is 5. The van der Waals surface area contributed by atoms with Gasteiger partial charge < -0.3 is 4.98 Å². The number of rotatable bonds is 2. The Hall–Kier alpha value is -1.64. The van der Waals surface area contributed by atoms with Crippen LogP contribution >= 0.6 is 58.5 Å². The molecule has 34 heavy (non-hydrogen) atoms. The number of amides is 2. The van der Waals surface area contributed by atoms with E-state index in [0.717, 1.165) is 21.0 Å². The summed E-state index contributed by atoms with van der Waals surface area (Å²) in [6.45, 7) is 0. The molecule has 4 aliphatic rings. The Kier molecular flexibility index (Phi) is 4.88. The molecule has 1 saturated heterocycles. The van der Waals surface area contributed by atoms with E-state index >= 15 is 0 Å². The molecular formula is C25H18Cl2N2O2S3. The molecule has 7 atom stereocenters. The third-order valence-electron chi connectivity index (χ3n) is 8.05. The van der Waals surface area contributed by atoms with Crippen molar-refractivity contribution in [3.05, 3.63) is 73.0 Å². The summed E-state index contributed by atoms with van der Waals surface area (Å²) < 4.78 is 0.732. The number of carbonyl (C=O) groups is 2. The number of benzene rings is 2. The second-order valence-corrected chi connectivity index (χ2v) is 13.1. The van der Waals surface area contributed by atoms with Gasteiger partial charge in [0.2, 0.25) is 11.8 Å². The van der Waals surface area contributed by atoms with Crippen LogP contribution in [0.2, 0.25) is 10.0 Å². The molecule has 7 rings (SSSR count). The summed E-state index contributed by atoms with van der Waals surface area (Å²) in [5.74, 6) is -0.204. The number of aromatic amines is 1. The largest absolute Gasteiger partial charge is 0.332 e. The van der Waals surface area contributed by atoms with E-state index in [1.165, 1.54) is 9.78 Å². The molecule has 2 amide bonds. The number of H-pyrrole nitrogens is 1. The van der Waals surface area contributed by atoms with Gasteiger partial charge in [-0.05, 0) is 60.2 Å². The van der Waals surface area contributed by atoms with Crippen molar-refractivity contribution in [2.75, 3.05) is 4.90 Å². The fourth-order valence-electron chi connectivity index (χ4n) is 6.96. The Labute approximate surface area is 219 Å². The van der Waals surface area contributed by atoms with Crippen molar-refractivity contribution in [2.45, 2.75) is 22.6 Å². The number of fused-ring (bicyclic) bond motifs is 9. The number of carbonyl (C=O) groups excluding carboxylic acids is 2. The number of imide groups is 1. The van der Waals surface area contributed by atoms with E-state index in [-0.39, 0.29) is 52.6 Å². The summed E-state index contributed by atoms with van der Waals surface area (Å²) in [7, 11) is 0. The van der Waals surface area contributed by atoms with Crippen molar-refractivity contribution >= 4 is 76.0 Å². The SMILES string of the molecule is O=C1C2C3CC(C2C(=O)N1c1ccccc1)C1C(c2cccc(Cl)c2Cl)c2sc(=S)[nH]c2SC31. The summed E-state index contributed by atoms with van der Waals surface area (Å²) in [5, 5.41) is 2.37. The van der Waals surface area contributed by atoms with E-state index in [1.54, 1.807) is 29.2 Å². The van der Waals surface area contributed by atoms with E-state index in [0.29, 0.717) is 15.7 Å². The number of halogens is 2. The number of nitrogens with one attached hydrogen (secondary N) is 1. The van der Waals surface area contributed by atoms with Crippen LogP contribution in [0.4, 0.5) is 5.69 Å². The predicted molar refractivity (Wildman–Crippen MR) is 138 cm³/mol. The summed E-state index contributed by atoms with van der Waals surface area (Å²) in [6.07, 6.45) is 0.891. The molecule has 1 N–H and O–H groups in total. The lowest BCUT2D eigenvalue weighted by molar-refractivity contribution is -0.123. The topological polar surface area (TPSA) is 53.2 Å². The third kappa shape index (κ3) is 2.82. The number of para-hydroxylation sites is 1. The van der Waals surface area contributed by atoms with Crippen molar-refractivity contribution in [1.29, 1.82) is 0 Å². The quantitative estimate of drug-likeness (QED) is 0.285. The maximum absolute atomic E-state index is 13.7. The smallest absolute Gasteiger partial charge is 0.238 e. The highest BCUT2D eigenvalue weighted by Gasteiger charge is 2.69. The van der Waals surface area contributed by atoms with Gasteiger partial charge in [-0.25, -0.2) is 0 Å². The Morgan fingerprint density at radius 1 is 0.971 bits per heavy atom. The van der Waals surface area contributed by atoms with Crippen LogP contribution in [0.25, 0.3) is 0 Å². The van der Waals surface area contributed by atoms with E-state index in [4.69, 9.17) is 35.4 Å². The van der Waals surface area contributed by atoms with E-state index in [9.17, 15) is 9.59 Å². The highest BCUT2D eigenvalue weighted by atomic mass is 35.5. The second kappa shape index (κ2) is 7.68. The van der Waals surface area contributed by atoms with Crippen LogP contribution in [0.15, 0.2) is 53.6 Å². The van der Waals surface area contributed by atoms with Gasteiger partial charge in [0.15, 0.2) is 3.95 Å². The minimum Gasteiger partial charge on any atom is -0.332 e. The van der Waals surface area contributed by atoms with Crippen LogP contribution in [0, 0.1) is 33.5 Å². The van der Waals surface area contributed by atoms with Crippen molar-refractivity contribution in [3.8, 4) is 0 Å². The lowest BCUT2D eigenvalue weighted by atomic mass is 9.68. The molecule has 2 saturated carbocycles. The first-order valence-corrected chi connectivity index (χ1v) is 14.1. The molecule has 2 bridgehead atoms. The van der Waals surface area contributed by atoms with Gasteiger partial charge >= 0.3 is 0 Å². The fraction of sp³-hybridized carbons (Fsp3) is 0.320. The van der Waals surface area contributed by atoms with Gasteiger partial charge in [0.25, 0.3) is 0 Å². The standard InChI is InChI=1S/C25H18Cl2N2O2S3/c26-14-8-4-7-11(19(14)27)15-16-12-9-13(20(16)33-22-21(15)34-25(32)28-22)18-17(12)23(30)29(24(18)31)10-5-2-1-3-6-10/h1-8,12-13,15-18,20H,9H2,(H,28,32). The van der Waals surface area contributed by atoms with Gasteiger partial charge in [-0.2, -0.15) is 0 Å². The fourth-order valence-corrected chi connectivity index (χ4v) is 10.7. The summed E-state index contributed by atoms with van der Waals surface area (Å²) in [4.78, 5) is 33.3. The molecule has 2 aliphatic carbocycles. The third-order valence-corrected chi connectivity index (χ3v) is 11.8. The first kappa shape index (κ1) is 21.6. The highest BCUT2D eigenvalue weighted by Crippen LogP contribution is 2.69. The zero-order valence-electron chi connectivity index (χ0n) is 17.6. The van der Waals surface area contributed by atoms with Crippen LogP contribution in [0.1, 0.15) is 22.8 Å². The molecule has 0 spiro atoms. The number of aromatic nitrogens is 1. The Morgan fingerprint density at radius 3 is 2.47 bits per heavy atom. The first-order valence-electron chi connectivity index (χ1n) is 11.2. The zero-order chi connectivity index (χ0) is 23.3. The van der Waals surface area contributed by atoms with Crippen LogP contribution < -0.4 is 4.90 Å². The molecule has 7 unspecified atom stereocenters. The minimum absolute atomic E-state index is 0.00460. The highest BCUT2D eigenvalue weighted by molar-refractivity contribution is 8.00. The summed E-state index contributed by atoms with van der Waals surface area (Å²) >= 11 is 22.1. The number of nitrogens with zero attached hydrogens (tertiary/aromatic N) is 1. The van der Waals surface area contributed by atoms with Crippen LogP contribution in [0.5, 0.6) is 0 Å². The molecule has 172 valence electrons. The number of thioether (sulfide) groups is 1. The summed E-state index contributed by atoms with van der Waals surface area (Å²) in [5.41, 5.74) is 1.65. The van der Waals surface area contributed by atoms with Crippen LogP contribution in [-0.2, 0) is 9.59 Å². The Morgan fingerprint density at radius 2 is 1.71 bits per heavy atom. The molecule has 9 heteroatoms. The molecule has 0 radical (unpaired) electrons. The molecule has 2 aromatic carbocycles. The zero-order valence-corrected chi connectivity index (χ0v) is 21.6. The van der Waals surface area contributed by atoms with Crippen molar-refractivity contribution in [2.24, 2.45) is 29.6 Å². The number of hydrogen-bond donors (Lipinski definition) is 1. The molecule has 3 fully saturated rings. The van der Waals surface area contributed by atoms with Crippen LogP contribution in [0.3, 0.4) is 0 Å². The monoisotopic (exact) mass is 544 g/mol. The maximum Gasteiger partial charge on any atom is 0.238 e.